The molecular weight excluding hydrogens is 148 g/mol. The summed E-state index contributed by atoms with van der Waals surface area (Å²) in [5.41, 5.74) is 0. The number of hydrogen-bond acceptors (Lipinski definition) is 2. The molecule has 1 aliphatic rings. The summed E-state index contributed by atoms with van der Waals surface area (Å²) in [5.74, 6) is 0.0984. The average molecular weight is 153 g/mol. The Morgan fingerprint density at radius 2 is 2.25 bits per heavy atom. The lowest BCUT2D eigenvalue weighted by Gasteiger charge is -1.93. The van der Waals surface area contributed by atoms with Gasteiger partial charge in [0.1, 0.15) is 0 Å². The van der Waals surface area contributed by atoms with E-state index < -0.39 is 14.5 Å². The summed E-state index contributed by atoms with van der Waals surface area (Å²) in [6.45, 7) is 0. The third-order valence-electron chi connectivity index (χ3n) is 0.959. The molecule has 0 bridgehead atoms. The van der Waals surface area contributed by atoms with Gasteiger partial charge in [0, 0.05) is 0 Å². The summed E-state index contributed by atoms with van der Waals surface area (Å²) in [6, 6.07) is 0. The highest BCUT2D eigenvalue weighted by molar-refractivity contribution is 7.93. The van der Waals surface area contributed by atoms with Gasteiger partial charge in [-0.2, -0.15) is 0 Å². The van der Waals surface area contributed by atoms with Crippen LogP contribution in [0.15, 0.2) is 12.2 Å². The van der Waals surface area contributed by atoms with Crippen LogP contribution in [-0.4, -0.2) is 18.9 Å². The monoisotopic (exact) mass is 152 g/mol. The fourth-order valence-electron chi connectivity index (χ4n) is 0.508. The molecule has 0 aromatic carbocycles. The van der Waals surface area contributed by atoms with Crippen LogP contribution < -0.4 is 0 Å². The van der Waals surface area contributed by atoms with E-state index in [-0.39, 0.29) is 5.75 Å². The van der Waals surface area contributed by atoms with Crippen molar-refractivity contribution >= 4 is 21.4 Å². The molecular formula is C4H5ClO2S. The Balaban J connectivity index is 2.96. The highest BCUT2D eigenvalue weighted by Gasteiger charge is 2.23. The zero-order chi connectivity index (χ0) is 6.20. The van der Waals surface area contributed by atoms with E-state index in [2.05, 4.69) is 0 Å². The lowest BCUT2D eigenvalue weighted by atomic mass is 10.6. The van der Waals surface area contributed by atoms with Crippen LogP contribution in [0.2, 0.25) is 0 Å². The molecule has 46 valence electrons. The van der Waals surface area contributed by atoms with Gasteiger partial charge in [0.05, 0.1) is 5.75 Å². The van der Waals surface area contributed by atoms with Crippen LogP contribution in [0.1, 0.15) is 0 Å². The van der Waals surface area contributed by atoms with Crippen molar-refractivity contribution in [3.63, 3.8) is 0 Å². The Labute approximate surface area is 53.1 Å². The normalized spacial score (nSPS) is 33.4. The van der Waals surface area contributed by atoms with Gasteiger partial charge in [-0.05, 0) is 0 Å². The second-order valence-electron chi connectivity index (χ2n) is 1.61. The first-order valence-corrected chi connectivity index (χ1v) is 4.30. The Hall–Kier alpha value is -0.0200. The topological polar surface area (TPSA) is 34.1 Å². The van der Waals surface area contributed by atoms with Crippen LogP contribution >= 0.6 is 11.6 Å². The van der Waals surface area contributed by atoms with Gasteiger partial charge in [-0.3, -0.25) is 0 Å². The van der Waals surface area contributed by atoms with Crippen molar-refractivity contribution in [1.82, 2.24) is 0 Å². The molecule has 0 aliphatic carbocycles. The van der Waals surface area contributed by atoms with E-state index in [4.69, 9.17) is 11.6 Å². The van der Waals surface area contributed by atoms with Gasteiger partial charge in [-0.1, -0.05) is 12.2 Å². The first-order chi connectivity index (χ1) is 3.63. The molecule has 0 spiro atoms. The summed E-state index contributed by atoms with van der Waals surface area (Å²) in [5, 5.41) is 0. The van der Waals surface area contributed by atoms with Crippen molar-refractivity contribution in [2.75, 3.05) is 5.75 Å². The number of alkyl halides is 1. The number of sulfone groups is 1. The summed E-state index contributed by atoms with van der Waals surface area (Å²) < 4.78 is 20.4. The fraction of sp³-hybridized carbons (Fsp3) is 0.500. The molecule has 0 saturated heterocycles. The van der Waals surface area contributed by atoms with Gasteiger partial charge in [0.2, 0.25) is 0 Å². The number of hydrogen-bond donors (Lipinski definition) is 0. The standard InChI is InChI=1S/C4H5ClO2S/c5-4-2-1-3-8(4,6)7/h1-2,4H,3H2. The molecule has 0 aromatic heterocycles. The van der Waals surface area contributed by atoms with E-state index in [0.29, 0.717) is 0 Å². The predicted molar refractivity (Wildman–Crippen MR) is 32.6 cm³/mol. The van der Waals surface area contributed by atoms with Gasteiger partial charge < -0.3 is 0 Å². The van der Waals surface area contributed by atoms with Crippen molar-refractivity contribution in [2.24, 2.45) is 0 Å². The maximum absolute atomic E-state index is 10.6. The Morgan fingerprint density at radius 3 is 2.38 bits per heavy atom. The number of rotatable bonds is 0. The van der Waals surface area contributed by atoms with Gasteiger partial charge in [-0.15, -0.1) is 11.6 Å². The van der Waals surface area contributed by atoms with Crippen molar-refractivity contribution < 1.29 is 8.42 Å². The predicted octanol–water partition coefficient (Wildman–Crippen LogP) is 0.536. The smallest absolute Gasteiger partial charge is 0.174 e. The van der Waals surface area contributed by atoms with Gasteiger partial charge >= 0.3 is 0 Å². The van der Waals surface area contributed by atoms with E-state index in [1.54, 1.807) is 6.08 Å². The van der Waals surface area contributed by atoms with Gasteiger partial charge in [-0.25, -0.2) is 8.42 Å². The van der Waals surface area contributed by atoms with Crippen LogP contribution in [0.4, 0.5) is 0 Å². The summed E-state index contributed by atoms with van der Waals surface area (Å²) in [6.07, 6.45) is 3.05. The van der Waals surface area contributed by atoms with E-state index in [1.165, 1.54) is 6.08 Å². The van der Waals surface area contributed by atoms with Crippen LogP contribution in [0, 0.1) is 0 Å². The molecule has 8 heavy (non-hydrogen) atoms. The first kappa shape index (κ1) is 6.11. The van der Waals surface area contributed by atoms with Crippen LogP contribution in [0.3, 0.4) is 0 Å². The quantitative estimate of drug-likeness (QED) is 0.375. The first-order valence-electron chi connectivity index (χ1n) is 2.15. The molecule has 1 aliphatic heterocycles. The summed E-state index contributed by atoms with van der Waals surface area (Å²) in [7, 11) is -2.97. The van der Waals surface area contributed by atoms with Crippen molar-refractivity contribution in [3.8, 4) is 0 Å². The summed E-state index contributed by atoms with van der Waals surface area (Å²) in [4.78, 5) is 0. The lowest BCUT2D eigenvalue weighted by molar-refractivity contribution is 0.601. The third-order valence-corrected chi connectivity index (χ3v) is 3.42. The van der Waals surface area contributed by atoms with Gasteiger partial charge in [0.15, 0.2) is 14.5 Å². The second-order valence-corrected chi connectivity index (χ2v) is 4.50. The van der Waals surface area contributed by atoms with E-state index in [9.17, 15) is 8.42 Å². The molecule has 2 nitrogen and oxygen atoms in total. The van der Waals surface area contributed by atoms with Crippen molar-refractivity contribution in [3.05, 3.63) is 12.2 Å². The molecule has 0 saturated carbocycles. The van der Waals surface area contributed by atoms with E-state index >= 15 is 0 Å². The maximum atomic E-state index is 10.6. The Morgan fingerprint density at radius 1 is 1.62 bits per heavy atom. The van der Waals surface area contributed by atoms with Crippen LogP contribution in [0.5, 0.6) is 0 Å². The van der Waals surface area contributed by atoms with E-state index in [1.807, 2.05) is 0 Å². The minimum absolute atomic E-state index is 0.0984. The summed E-state index contributed by atoms with van der Waals surface area (Å²) >= 11 is 5.33. The molecule has 1 heterocycles. The third kappa shape index (κ3) is 0.880. The lowest BCUT2D eigenvalue weighted by Crippen LogP contribution is -2.08. The molecule has 1 unspecified atom stereocenters. The molecule has 0 amide bonds. The van der Waals surface area contributed by atoms with Crippen LogP contribution in [0.25, 0.3) is 0 Å². The molecule has 0 aromatic rings. The largest absolute Gasteiger partial charge is 0.227 e. The molecule has 1 rings (SSSR count). The molecule has 4 heteroatoms. The highest BCUT2D eigenvalue weighted by Crippen LogP contribution is 2.15. The van der Waals surface area contributed by atoms with Crippen molar-refractivity contribution in [2.45, 2.75) is 4.71 Å². The van der Waals surface area contributed by atoms with Crippen LogP contribution in [-0.2, 0) is 9.84 Å². The van der Waals surface area contributed by atoms with E-state index in [0.717, 1.165) is 0 Å². The Bertz CT molecular complexity index is 204. The molecule has 0 fully saturated rings. The average Bonchev–Trinajstić information content (AvgIpc) is 1.86. The molecule has 0 radical (unpaired) electrons. The van der Waals surface area contributed by atoms with Gasteiger partial charge in [0.25, 0.3) is 0 Å². The second kappa shape index (κ2) is 1.74. The molecule has 1 atom stereocenters. The SMILES string of the molecule is O=S1(=O)CC=CC1Cl. The minimum atomic E-state index is -2.97. The maximum Gasteiger partial charge on any atom is 0.174 e. The number of halogens is 1. The minimum Gasteiger partial charge on any atom is -0.227 e. The zero-order valence-electron chi connectivity index (χ0n) is 4.04. The highest BCUT2D eigenvalue weighted by atomic mass is 35.5. The zero-order valence-corrected chi connectivity index (χ0v) is 5.61. The Kier molecular flexibility index (Phi) is 1.33. The van der Waals surface area contributed by atoms with Crippen molar-refractivity contribution in [1.29, 1.82) is 0 Å². The molecule has 0 N–H and O–H groups in total. The fourth-order valence-corrected chi connectivity index (χ4v) is 1.74.